The first-order valence-electron chi connectivity index (χ1n) is 7.92. The number of ether oxygens (including phenoxy) is 1. The molecule has 1 aromatic rings. The second-order valence-corrected chi connectivity index (χ2v) is 7.55. The maximum absolute atomic E-state index is 13.2. The summed E-state index contributed by atoms with van der Waals surface area (Å²) in [5.74, 6) is 0.676. The summed E-state index contributed by atoms with van der Waals surface area (Å²) >= 11 is 2.01. The topological polar surface area (TPSA) is 21.3 Å². The van der Waals surface area contributed by atoms with Gasteiger partial charge < -0.3 is 10.1 Å². The third-order valence-corrected chi connectivity index (χ3v) is 6.20. The van der Waals surface area contributed by atoms with Crippen molar-refractivity contribution in [1.82, 2.24) is 5.32 Å². The molecule has 1 fully saturated rings. The van der Waals surface area contributed by atoms with E-state index in [0.717, 1.165) is 30.8 Å². The number of benzene rings is 1. The zero-order valence-corrected chi connectivity index (χ0v) is 13.5. The lowest BCUT2D eigenvalue weighted by molar-refractivity contribution is 0.223. The van der Waals surface area contributed by atoms with Crippen LogP contribution in [0, 0.1) is 5.82 Å². The summed E-state index contributed by atoms with van der Waals surface area (Å²) in [7, 11) is 0. The smallest absolute Gasteiger partial charge is 0.123 e. The second-order valence-electron chi connectivity index (χ2n) is 6.27. The van der Waals surface area contributed by atoms with Crippen molar-refractivity contribution >= 4 is 11.8 Å². The monoisotopic (exact) mass is 309 g/mol. The van der Waals surface area contributed by atoms with E-state index in [2.05, 4.69) is 11.6 Å². The molecule has 0 radical (unpaired) electrons. The van der Waals surface area contributed by atoms with Crippen LogP contribution in [0.5, 0.6) is 5.75 Å². The van der Waals surface area contributed by atoms with Crippen molar-refractivity contribution in [2.45, 2.75) is 49.4 Å². The minimum atomic E-state index is -0.172. The Morgan fingerprint density at radius 2 is 2.14 bits per heavy atom. The van der Waals surface area contributed by atoms with Crippen LogP contribution in [0.2, 0.25) is 0 Å². The zero-order valence-electron chi connectivity index (χ0n) is 12.7. The Balaban J connectivity index is 1.48. The molecule has 0 spiro atoms. The van der Waals surface area contributed by atoms with Gasteiger partial charge in [-0.05, 0) is 37.3 Å². The molecule has 1 saturated carbocycles. The average Bonchev–Trinajstić information content (AvgIpc) is 2.90. The van der Waals surface area contributed by atoms with Crippen LogP contribution in [0.25, 0.3) is 0 Å². The summed E-state index contributed by atoms with van der Waals surface area (Å²) in [4.78, 5) is 0. The van der Waals surface area contributed by atoms with Crippen LogP contribution in [0.1, 0.15) is 37.7 Å². The molecule has 1 unspecified atom stereocenters. The summed E-state index contributed by atoms with van der Waals surface area (Å²) in [5, 5.41) is 3.60. The first kappa shape index (κ1) is 15.2. The third kappa shape index (κ3) is 3.54. The maximum atomic E-state index is 13.2. The molecule has 1 N–H and O–H groups in total. The van der Waals surface area contributed by atoms with Crippen molar-refractivity contribution in [2.75, 3.05) is 19.3 Å². The first-order valence-corrected chi connectivity index (χ1v) is 9.14. The molecular weight excluding hydrogens is 285 g/mol. The van der Waals surface area contributed by atoms with E-state index in [1.807, 2.05) is 11.8 Å². The van der Waals surface area contributed by atoms with Gasteiger partial charge in [0.1, 0.15) is 17.7 Å². The standard InChI is InChI=1S/C17H24FNOS/c1-21-17(7-3-2-4-8-17)12-19-11-15-10-13-9-14(18)5-6-16(13)20-15/h5-6,9,15,19H,2-4,7-8,10-12H2,1H3. The van der Waals surface area contributed by atoms with Gasteiger partial charge in [0.15, 0.2) is 0 Å². The van der Waals surface area contributed by atoms with E-state index in [9.17, 15) is 4.39 Å². The molecule has 21 heavy (non-hydrogen) atoms. The molecule has 0 saturated heterocycles. The molecule has 1 aliphatic heterocycles. The van der Waals surface area contributed by atoms with Gasteiger partial charge in [0, 0.05) is 29.8 Å². The van der Waals surface area contributed by atoms with Crippen molar-refractivity contribution in [3.63, 3.8) is 0 Å². The minimum Gasteiger partial charge on any atom is -0.488 e. The molecule has 4 heteroatoms. The summed E-state index contributed by atoms with van der Waals surface area (Å²) in [6.45, 7) is 1.90. The Morgan fingerprint density at radius 3 is 2.90 bits per heavy atom. The SMILES string of the molecule is CSC1(CNCC2Cc3cc(F)ccc3O2)CCCCC1. The molecule has 2 nitrogen and oxygen atoms in total. The summed E-state index contributed by atoms with van der Waals surface area (Å²) < 4.78 is 19.5. The second kappa shape index (κ2) is 6.57. The Hall–Kier alpha value is -0.740. The number of halogens is 1. The molecule has 0 aromatic heterocycles. The number of hydrogen-bond donors (Lipinski definition) is 1. The number of hydrogen-bond acceptors (Lipinski definition) is 3. The van der Waals surface area contributed by atoms with Gasteiger partial charge in [-0.3, -0.25) is 0 Å². The molecule has 116 valence electrons. The molecule has 1 atom stereocenters. The summed E-state index contributed by atoms with van der Waals surface area (Å²) in [6.07, 6.45) is 9.92. The van der Waals surface area contributed by atoms with Gasteiger partial charge in [0.25, 0.3) is 0 Å². The van der Waals surface area contributed by atoms with Gasteiger partial charge in [-0.25, -0.2) is 4.39 Å². The summed E-state index contributed by atoms with van der Waals surface area (Å²) in [5.41, 5.74) is 0.999. The van der Waals surface area contributed by atoms with E-state index >= 15 is 0 Å². The van der Waals surface area contributed by atoms with Crippen molar-refractivity contribution in [2.24, 2.45) is 0 Å². The van der Waals surface area contributed by atoms with Crippen molar-refractivity contribution in [3.8, 4) is 5.75 Å². The van der Waals surface area contributed by atoms with Crippen LogP contribution in [0.15, 0.2) is 18.2 Å². The van der Waals surface area contributed by atoms with E-state index in [1.54, 1.807) is 12.1 Å². The van der Waals surface area contributed by atoms with Gasteiger partial charge in [-0.1, -0.05) is 19.3 Å². The molecule has 1 aromatic carbocycles. The molecule has 3 rings (SSSR count). The van der Waals surface area contributed by atoms with E-state index in [4.69, 9.17) is 4.74 Å². The predicted octanol–water partition coefficient (Wildman–Crippen LogP) is 3.78. The summed E-state index contributed by atoms with van der Waals surface area (Å²) in [6, 6.07) is 4.81. The van der Waals surface area contributed by atoms with Gasteiger partial charge in [-0.15, -0.1) is 0 Å². The highest BCUT2D eigenvalue weighted by atomic mass is 32.2. The van der Waals surface area contributed by atoms with Crippen molar-refractivity contribution < 1.29 is 9.13 Å². The Labute approximate surface area is 130 Å². The number of nitrogens with one attached hydrogen (secondary N) is 1. The Bertz CT molecular complexity index is 488. The van der Waals surface area contributed by atoms with Crippen LogP contribution < -0.4 is 10.1 Å². The molecule has 0 amide bonds. The normalized spacial score (nSPS) is 23.6. The fourth-order valence-electron chi connectivity index (χ4n) is 3.51. The van der Waals surface area contributed by atoms with Crippen LogP contribution in [0.3, 0.4) is 0 Å². The van der Waals surface area contributed by atoms with Crippen LogP contribution in [-0.4, -0.2) is 30.2 Å². The van der Waals surface area contributed by atoms with Gasteiger partial charge in [0.2, 0.25) is 0 Å². The Morgan fingerprint density at radius 1 is 1.33 bits per heavy atom. The lowest BCUT2D eigenvalue weighted by Gasteiger charge is -2.36. The lowest BCUT2D eigenvalue weighted by atomic mass is 9.88. The van der Waals surface area contributed by atoms with Crippen LogP contribution in [0.4, 0.5) is 4.39 Å². The molecule has 1 aliphatic carbocycles. The highest BCUT2D eigenvalue weighted by molar-refractivity contribution is 8.00. The van der Waals surface area contributed by atoms with E-state index in [1.165, 1.54) is 38.2 Å². The molecule has 2 aliphatic rings. The fourth-order valence-corrected chi connectivity index (χ4v) is 4.46. The molecule has 0 bridgehead atoms. The van der Waals surface area contributed by atoms with Crippen molar-refractivity contribution in [1.29, 1.82) is 0 Å². The minimum absolute atomic E-state index is 0.143. The molecular formula is C17H24FNOS. The number of fused-ring (bicyclic) bond motifs is 1. The van der Waals surface area contributed by atoms with Crippen LogP contribution in [-0.2, 0) is 6.42 Å². The largest absolute Gasteiger partial charge is 0.488 e. The zero-order chi connectivity index (χ0) is 14.7. The van der Waals surface area contributed by atoms with Crippen molar-refractivity contribution in [3.05, 3.63) is 29.6 Å². The first-order chi connectivity index (χ1) is 10.2. The third-order valence-electron chi connectivity index (χ3n) is 4.78. The van der Waals surface area contributed by atoms with Crippen LogP contribution >= 0.6 is 11.8 Å². The fraction of sp³-hybridized carbons (Fsp3) is 0.647. The number of rotatable bonds is 5. The lowest BCUT2D eigenvalue weighted by Crippen LogP contribution is -2.42. The van der Waals surface area contributed by atoms with E-state index in [0.29, 0.717) is 4.75 Å². The van der Waals surface area contributed by atoms with E-state index in [-0.39, 0.29) is 11.9 Å². The molecule has 1 heterocycles. The highest BCUT2D eigenvalue weighted by Crippen LogP contribution is 2.38. The maximum Gasteiger partial charge on any atom is 0.123 e. The van der Waals surface area contributed by atoms with Gasteiger partial charge >= 0.3 is 0 Å². The quantitative estimate of drug-likeness (QED) is 0.894. The highest BCUT2D eigenvalue weighted by Gasteiger charge is 2.31. The van der Waals surface area contributed by atoms with Gasteiger partial charge in [-0.2, -0.15) is 11.8 Å². The van der Waals surface area contributed by atoms with Gasteiger partial charge in [0.05, 0.1) is 0 Å². The Kier molecular flexibility index (Phi) is 4.75. The van der Waals surface area contributed by atoms with E-state index < -0.39 is 0 Å². The predicted molar refractivity (Wildman–Crippen MR) is 86.7 cm³/mol. The average molecular weight is 309 g/mol. The number of thioether (sulfide) groups is 1.